The first kappa shape index (κ1) is 18.4. The third kappa shape index (κ3) is 2.87. The van der Waals surface area contributed by atoms with E-state index in [1.54, 1.807) is 0 Å². The molecule has 5 rings (SSSR count). The lowest BCUT2D eigenvalue weighted by Gasteiger charge is -2.37. The van der Waals surface area contributed by atoms with Crippen molar-refractivity contribution < 1.29 is 9.90 Å². The highest BCUT2D eigenvalue weighted by molar-refractivity contribution is 6.05. The second-order valence-electron chi connectivity index (χ2n) is 9.15. The Bertz CT molecular complexity index is 1130. The summed E-state index contributed by atoms with van der Waals surface area (Å²) in [5.41, 5.74) is 4.99. The van der Waals surface area contributed by atoms with E-state index in [0.29, 0.717) is 12.5 Å². The SMILES string of the molecule is Cc1nn(C)c2ccc(-c3cccc4c3C(=O)N(C(C3CC3)C(C)(C)O)C4)cc12. The fraction of sp³-hybridized carbons (Fsp3) is 0.417. The maximum Gasteiger partial charge on any atom is 0.255 e. The third-order valence-electron chi connectivity index (χ3n) is 6.44. The number of amides is 1. The largest absolute Gasteiger partial charge is 0.388 e. The predicted molar refractivity (Wildman–Crippen MR) is 114 cm³/mol. The minimum absolute atomic E-state index is 0.0395. The molecule has 5 nitrogen and oxygen atoms in total. The Morgan fingerprint density at radius 2 is 1.97 bits per heavy atom. The number of hydrogen-bond acceptors (Lipinski definition) is 3. The van der Waals surface area contributed by atoms with Crippen LogP contribution in [0.4, 0.5) is 0 Å². The van der Waals surface area contributed by atoms with Gasteiger partial charge in [0, 0.05) is 19.0 Å². The standard InChI is InChI=1S/C24H27N3O2/c1-14-19-12-16(10-11-20(19)26(4)25-14)18-7-5-6-17-13-27(23(28)21(17)18)22(15-8-9-15)24(2,3)29/h5-7,10-12,15,22,29H,8-9,13H2,1-4H3. The zero-order valence-corrected chi connectivity index (χ0v) is 17.4. The van der Waals surface area contributed by atoms with Crippen molar-refractivity contribution in [3.05, 3.63) is 53.2 Å². The molecule has 29 heavy (non-hydrogen) atoms. The molecule has 0 bridgehead atoms. The van der Waals surface area contributed by atoms with Gasteiger partial charge in [0.25, 0.3) is 5.91 Å². The molecule has 1 atom stereocenters. The van der Waals surface area contributed by atoms with Crippen molar-refractivity contribution in [1.82, 2.24) is 14.7 Å². The fourth-order valence-electron chi connectivity index (χ4n) is 5.08. The average molecular weight is 389 g/mol. The molecule has 1 aromatic heterocycles. The molecule has 2 heterocycles. The number of carbonyl (C=O) groups is 1. The summed E-state index contributed by atoms with van der Waals surface area (Å²) in [6, 6.07) is 12.2. The van der Waals surface area contributed by atoms with Gasteiger partial charge in [0.1, 0.15) is 0 Å². The average Bonchev–Trinajstić information content (AvgIpc) is 3.38. The molecule has 2 aromatic carbocycles. The molecule has 1 amide bonds. The van der Waals surface area contributed by atoms with Crippen molar-refractivity contribution >= 4 is 16.8 Å². The molecule has 1 aliphatic carbocycles. The predicted octanol–water partition coefficient (Wildman–Crippen LogP) is 4.05. The zero-order chi connectivity index (χ0) is 20.5. The van der Waals surface area contributed by atoms with Gasteiger partial charge in [-0.3, -0.25) is 9.48 Å². The molecule has 0 radical (unpaired) electrons. The zero-order valence-electron chi connectivity index (χ0n) is 17.4. The molecule has 1 aliphatic heterocycles. The lowest BCUT2D eigenvalue weighted by molar-refractivity contribution is -0.0224. The van der Waals surface area contributed by atoms with Crippen molar-refractivity contribution in [2.24, 2.45) is 13.0 Å². The van der Waals surface area contributed by atoms with Gasteiger partial charge in [0.2, 0.25) is 0 Å². The summed E-state index contributed by atoms with van der Waals surface area (Å²) in [4.78, 5) is 15.4. The van der Waals surface area contributed by atoms with Crippen LogP contribution in [0.3, 0.4) is 0 Å². The highest BCUT2D eigenvalue weighted by Crippen LogP contribution is 2.44. The van der Waals surface area contributed by atoms with Crippen LogP contribution in [-0.2, 0) is 13.6 Å². The molecule has 2 aliphatic rings. The lowest BCUT2D eigenvalue weighted by Crippen LogP contribution is -2.51. The molecule has 0 saturated heterocycles. The number of nitrogens with zero attached hydrogens (tertiary/aromatic N) is 3. The topological polar surface area (TPSA) is 58.4 Å². The Hall–Kier alpha value is -2.66. The van der Waals surface area contributed by atoms with E-state index in [1.165, 1.54) is 0 Å². The monoisotopic (exact) mass is 389 g/mol. The molecule has 150 valence electrons. The first-order valence-corrected chi connectivity index (χ1v) is 10.3. The minimum Gasteiger partial charge on any atom is -0.388 e. The van der Waals surface area contributed by atoms with E-state index in [0.717, 1.165) is 51.7 Å². The fourth-order valence-corrected chi connectivity index (χ4v) is 5.08. The number of aromatic nitrogens is 2. The van der Waals surface area contributed by atoms with Crippen molar-refractivity contribution in [2.45, 2.75) is 51.8 Å². The van der Waals surface area contributed by atoms with E-state index in [9.17, 15) is 9.90 Å². The quantitative estimate of drug-likeness (QED) is 0.732. The molecule has 1 saturated carbocycles. The number of benzene rings is 2. The molecular weight excluding hydrogens is 362 g/mol. The third-order valence-corrected chi connectivity index (χ3v) is 6.44. The summed E-state index contributed by atoms with van der Waals surface area (Å²) in [5.74, 6) is 0.434. The van der Waals surface area contributed by atoms with Crippen molar-refractivity contribution in [3.8, 4) is 11.1 Å². The molecular formula is C24H27N3O2. The van der Waals surface area contributed by atoms with Crippen molar-refractivity contribution in [2.75, 3.05) is 0 Å². The van der Waals surface area contributed by atoms with Crippen LogP contribution in [0.1, 0.15) is 48.3 Å². The highest BCUT2D eigenvalue weighted by atomic mass is 16.3. The summed E-state index contributed by atoms with van der Waals surface area (Å²) in [6.45, 7) is 6.23. The Morgan fingerprint density at radius 3 is 2.66 bits per heavy atom. The summed E-state index contributed by atoms with van der Waals surface area (Å²) < 4.78 is 1.89. The van der Waals surface area contributed by atoms with E-state index in [2.05, 4.69) is 23.3 Å². The van der Waals surface area contributed by atoms with Crippen molar-refractivity contribution in [1.29, 1.82) is 0 Å². The molecule has 1 unspecified atom stereocenters. The van der Waals surface area contributed by atoms with E-state index in [-0.39, 0.29) is 11.9 Å². The number of aryl methyl sites for hydroxylation is 2. The normalized spacial score (nSPS) is 17.8. The smallest absolute Gasteiger partial charge is 0.255 e. The second kappa shape index (κ2) is 6.17. The van der Waals surface area contributed by atoms with Gasteiger partial charge in [0.05, 0.1) is 28.4 Å². The van der Waals surface area contributed by atoms with Crippen LogP contribution in [0.5, 0.6) is 0 Å². The van der Waals surface area contributed by atoms with Gasteiger partial charge in [-0.2, -0.15) is 5.10 Å². The van der Waals surface area contributed by atoms with Gasteiger partial charge in [-0.05, 0) is 68.4 Å². The summed E-state index contributed by atoms with van der Waals surface area (Å²) in [6.07, 6.45) is 2.16. The summed E-state index contributed by atoms with van der Waals surface area (Å²) in [7, 11) is 1.95. The Labute approximate surface area is 170 Å². The molecule has 1 N–H and O–H groups in total. The number of carbonyl (C=O) groups excluding carboxylic acids is 1. The lowest BCUT2D eigenvalue weighted by atomic mass is 9.92. The van der Waals surface area contributed by atoms with E-state index in [1.807, 2.05) is 55.6 Å². The van der Waals surface area contributed by atoms with Gasteiger partial charge >= 0.3 is 0 Å². The van der Waals surface area contributed by atoms with Crippen LogP contribution >= 0.6 is 0 Å². The van der Waals surface area contributed by atoms with Crippen LogP contribution in [0, 0.1) is 12.8 Å². The summed E-state index contributed by atoms with van der Waals surface area (Å²) in [5, 5.41) is 16.4. The van der Waals surface area contributed by atoms with Crippen LogP contribution < -0.4 is 0 Å². The van der Waals surface area contributed by atoms with Crippen LogP contribution in [0.15, 0.2) is 36.4 Å². The van der Waals surface area contributed by atoms with E-state index in [4.69, 9.17) is 0 Å². The Morgan fingerprint density at radius 1 is 1.21 bits per heavy atom. The number of rotatable bonds is 4. The first-order valence-electron chi connectivity index (χ1n) is 10.3. The number of aliphatic hydroxyl groups is 1. The highest BCUT2D eigenvalue weighted by Gasteiger charge is 2.48. The Balaban J connectivity index is 1.60. The molecule has 3 aromatic rings. The second-order valence-corrected chi connectivity index (χ2v) is 9.15. The number of hydrogen-bond donors (Lipinski definition) is 1. The van der Waals surface area contributed by atoms with Gasteiger partial charge < -0.3 is 10.0 Å². The molecule has 5 heteroatoms. The van der Waals surface area contributed by atoms with Gasteiger partial charge in [-0.25, -0.2) is 0 Å². The summed E-state index contributed by atoms with van der Waals surface area (Å²) >= 11 is 0. The van der Waals surface area contributed by atoms with E-state index < -0.39 is 5.60 Å². The maximum atomic E-state index is 13.5. The van der Waals surface area contributed by atoms with E-state index >= 15 is 0 Å². The Kier molecular flexibility index (Phi) is 3.91. The molecule has 0 spiro atoms. The molecule has 1 fully saturated rings. The van der Waals surface area contributed by atoms with Gasteiger partial charge in [0.15, 0.2) is 0 Å². The maximum absolute atomic E-state index is 13.5. The van der Waals surface area contributed by atoms with Crippen LogP contribution in [-0.4, -0.2) is 37.3 Å². The van der Waals surface area contributed by atoms with Gasteiger partial charge in [-0.15, -0.1) is 0 Å². The van der Waals surface area contributed by atoms with Crippen LogP contribution in [0.2, 0.25) is 0 Å². The first-order chi connectivity index (χ1) is 13.8. The number of fused-ring (bicyclic) bond motifs is 2. The van der Waals surface area contributed by atoms with Crippen LogP contribution in [0.25, 0.3) is 22.0 Å². The van der Waals surface area contributed by atoms with Gasteiger partial charge in [-0.1, -0.05) is 24.3 Å². The minimum atomic E-state index is -0.912. The van der Waals surface area contributed by atoms with Crippen molar-refractivity contribution in [3.63, 3.8) is 0 Å².